The van der Waals surface area contributed by atoms with Crippen molar-refractivity contribution in [1.29, 1.82) is 0 Å². The van der Waals surface area contributed by atoms with E-state index in [0.717, 1.165) is 18.4 Å². The van der Waals surface area contributed by atoms with E-state index in [1.165, 1.54) is 12.1 Å². The number of imidazole rings is 1. The first-order chi connectivity index (χ1) is 8.22. The van der Waals surface area contributed by atoms with Crippen LogP contribution in [0.3, 0.4) is 0 Å². The number of rotatable bonds is 4. The minimum absolute atomic E-state index is 0.274. The molecule has 2 aromatic rings. The number of nitrogens with zero attached hydrogens (tertiary/aromatic N) is 1. The Bertz CT molecular complexity index is 482. The van der Waals surface area contributed by atoms with Gasteiger partial charge in [-0.1, -0.05) is 19.4 Å². The number of benzene rings is 1. The highest BCUT2D eigenvalue weighted by molar-refractivity contribution is 5.33. The van der Waals surface area contributed by atoms with Crippen molar-refractivity contribution in [2.24, 2.45) is 0 Å². The molecule has 0 spiro atoms. The van der Waals surface area contributed by atoms with Crippen molar-refractivity contribution in [3.63, 3.8) is 0 Å². The van der Waals surface area contributed by atoms with Crippen molar-refractivity contribution in [1.82, 2.24) is 9.97 Å². The summed E-state index contributed by atoms with van der Waals surface area (Å²) >= 11 is 0. The average molecular weight is 234 g/mol. The van der Waals surface area contributed by atoms with Crippen molar-refractivity contribution < 1.29 is 9.50 Å². The summed E-state index contributed by atoms with van der Waals surface area (Å²) in [5, 5.41) is 10.2. The molecule has 0 aliphatic carbocycles. The molecule has 3 nitrogen and oxygen atoms in total. The summed E-state index contributed by atoms with van der Waals surface area (Å²) in [6, 6.07) is 4.46. The molecule has 1 aromatic heterocycles. The third-order valence-corrected chi connectivity index (χ3v) is 2.70. The van der Waals surface area contributed by atoms with Crippen LogP contribution in [0.15, 0.2) is 30.6 Å². The molecule has 90 valence electrons. The maximum Gasteiger partial charge on any atom is 0.139 e. The zero-order chi connectivity index (χ0) is 12.3. The second-order valence-corrected chi connectivity index (χ2v) is 3.97. The Hall–Kier alpha value is -1.68. The smallest absolute Gasteiger partial charge is 0.139 e. The Morgan fingerprint density at radius 1 is 1.47 bits per heavy atom. The van der Waals surface area contributed by atoms with Crippen LogP contribution >= 0.6 is 0 Å². The van der Waals surface area contributed by atoms with Gasteiger partial charge < -0.3 is 10.1 Å². The molecule has 0 unspecified atom stereocenters. The van der Waals surface area contributed by atoms with Crippen molar-refractivity contribution in [2.45, 2.75) is 25.9 Å². The standard InChI is InChI=1S/C13H15FN2O/c1-2-3-9-8-10(14)4-5-11(9)12(17)13-15-6-7-16-13/h4-8,12,17H,2-3H2,1H3,(H,15,16)/t12-/m1/s1. The summed E-state index contributed by atoms with van der Waals surface area (Å²) in [7, 11) is 0. The predicted molar refractivity (Wildman–Crippen MR) is 63.0 cm³/mol. The van der Waals surface area contributed by atoms with Crippen LogP contribution in [0.5, 0.6) is 0 Å². The highest BCUT2D eigenvalue weighted by Gasteiger charge is 2.16. The lowest BCUT2D eigenvalue weighted by molar-refractivity contribution is 0.209. The highest BCUT2D eigenvalue weighted by Crippen LogP contribution is 2.24. The van der Waals surface area contributed by atoms with Gasteiger partial charge in [0.1, 0.15) is 17.7 Å². The fourth-order valence-corrected chi connectivity index (χ4v) is 1.90. The normalized spacial score (nSPS) is 12.6. The number of aryl methyl sites for hydroxylation is 1. The van der Waals surface area contributed by atoms with Gasteiger partial charge in [-0.15, -0.1) is 0 Å². The molecule has 0 fully saturated rings. The largest absolute Gasteiger partial charge is 0.380 e. The first-order valence-electron chi connectivity index (χ1n) is 5.68. The molecule has 0 saturated heterocycles. The van der Waals surface area contributed by atoms with Crippen LogP contribution in [0.2, 0.25) is 0 Å². The molecule has 4 heteroatoms. The Morgan fingerprint density at radius 3 is 2.94 bits per heavy atom. The Labute approximate surface area is 99.3 Å². The van der Waals surface area contributed by atoms with E-state index in [9.17, 15) is 9.50 Å². The monoisotopic (exact) mass is 234 g/mol. The van der Waals surface area contributed by atoms with Crippen LogP contribution in [-0.2, 0) is 6.42 Å². The van der Waals surface area contributed by atoms with Crippen LogP contribution < -0.4 is 0 Å². The highest BCUT2D eigenvalue weighted by atomic mass is 19.1. The molecule has 0 aliphatic rings. The second kappa shape index (κ2) is 5.10. The SMILES string of the molecule is CCCc1cc(F)ccc1[C@@H](O)c1ncc[nH]1. The van der Waals surface area contributed by atoms with Gasteiger partial charge in [-0.3, -0.25) is 0 Å². The fraction of sp³-hybridized carbons (Fsp3) is 0.308. The number of aliphatic hydroxyl groups excluding tert-OH is 1. The van der Waals surface area contributed by atoms with E-state index >= 15 is 0 Å². The number of aliphatic hydroxyl groups is 1. The zero-order valence-electron chi connectivity index (χ0n) is 9.65. The number of H-pyrrole nitrogens is 1. The van der Waals surface area contributed by atoms with Gasteiger partial charge in [-0.25, -0.2) is 9.37 Å². The summed E-state index contributed by atoms with van der Waals surface area (Å²) < 4.78 is 13.2. The molecule has 0 saturated carbocycles. The third-order valence-electron chi connectivity index (χ3n) is 2.70. The number of nitrogens with one attached hydrogen (secondary N) is 1. The lowest BCUT2D eigenvalue weighted by Gasteiger charge is -2.13. The molecule has 1 heterocycles. The molecule has 2 N–H and O–H groups in total. The minimum atomic E-state index is -0.827. The minimum Gasteiger partial charge on any atom is -0.380 e. The molecule has 1 aromatic carbocycles. The van der Waals surface area contributed by atoms with E-state index in [1.54, 1.807) is 18.5 Å². The van der Waals surface area contributed by atoms with Crippen LogP contribution in [0, 0.1) is 5.82 Å². The van der Waals surface area contributed by atoms with Gasteiger partial charge in [-0.2, -0.15) is 0 Å². The number of aromatic nitrogens is 2. The van der Waals surface area contributed by atoms with Crippen molar-refractivity contribution in [3.8, 4) is 0 Å². The van der Waals surface area contributed by atoms with Gasteiger partial charge in [0.2, 0.25) is 0 Å². The molecule has 0 radical (unpaired) electrons. The maximum absolute atomic E-state index is 13.2. The van der Waals surface area contributed by atoms with E-state index in [-0.39, 0.29) is 5.82 Å². The van der Waals surface area contributed by atoms with Gasteiger partial charge in [0.25, 0.3) is 0 Å². The van der Waals surface area contributed by atoms with Crippen LogP contribution in [0.4, 0.5) is 4.39 Å². The van der Waals surface area contributed by atoms with Gasteiger partial charge in [0.15, 0.2) is 0 Å². The maximum atomic E-state index is 13.2. The van der Waals surface area contributed by atoms with E-state index in [1.807, 2.05) is 6.92 Å². The Balaban J connectivity index is 2.37. The van der Waals surface area contributed by atoms with Crippen molar-refractivity contribution in [3.05, 3.63) is 53.4 Å². The van der Waals surface area contributed by atoms with Gasteiger partial charge in [0.05, 0.1) is 0 Å². The predicted octanol–water partition coefficient (Wildman–Crippen LogP) is 2.58. The van der Waals surface area contributed by atoms with Crippen LogP contribution in [0.1, 0.15) is 36.4 Å². The van der Waals surface area contributed by atoms with Gasteiger partial charge in [-0.05, 0) is 29.7 Å². The number of aromatic amines is 1. The quantitative estimate of drug-likeness (QED) is 0.854. The summed E-state index contributed by atoms with van der Waals surface area (Å²) in [5.41, 5.74) is 1.54. The first-order valence-corrected chi connectivity index (χ1v) is 5.68. The summed E-state index contributed by atoms with van der Waals surface area (Å²) in [6.45, 7) is 2.02. The molecule has 17 heavy (non-hydrogen) atoms. The Kier molecular flexibility index (Phi) is 3.54. The molecule has 0 aliphatic heterocycles. The van der Waals surface area contributed by atoms with Crippen molar-refractivity contribution in [2.75, 3.05) is 0 Å². The molecule has 2 rings (SSSR count). The summed E-state index contributed by atoms with van der Waals surface area (Å²) in [6.07, 6.45) is 4.06. The van der Waals surface area contributed by atoms with E-state index in [0.29, 0.717) is 11.4 Å². The van der Waals surface area contributed by atoms with Gasteiger partial charge in [0, 0.05) is 12.4 Å². The lowest BCUT2D eigenvalue weighted by Crippen LogP contribution is -2.06. The lowest BCUT2D eigenvalue weighted by atomic mass is 9.98. The number of hydrogen-bond acceptors (Lipinski definition) is 2. The summed E-state index contributed by atoms with van der Waals surface area (Å²) in [4.78, 5) is 6.88. The number of hydrogen-bond donors (Lipinski definition) is 2. The van der Waals surface area contributed by atoms with E-state index < -0.39 is 6.10 Å². The van der Waals surface area contributed by atoms with Gasteiger partial charge >= 0.3 is 0 Å². The molecule has 1 atom stereocenters. The van der Waals surface area contributed by atoms with E-state index in [4.69, 9.17) is 0 Å². The molecule has 0 amide bonds. The van der Waals surface area contributed by atoms with Crippen molar-refractivity contribution >= 4 is 0 Å². The average Bonchev–Trinajstić information content (AvgIpc) is 2.82. The molecule has 0 bridgehead atoms. The Morgan fingerprint density at radius 2 is 2.29 bits per heavy atom. The third kappa shape index (κ3) is 2.53. The first kappa shape index (κ1) is 11.8. The van der Waals surface area contributed by atoms with E-state index in [2.05, 4.69) is 9.97 Å². The number of halogens is 1. The summed E-state index contributed by atoms with van der Waals surface area (Å²) in [5.74, 6) is 0.206. The molecular formula is C13H15FN2O. The van der Waals surface area contributed by atoms with Crippen LogP contribution in [0.25, 0.3) is 0 Å². The fourth-order valence-electron chi connectivity index (χ4n) is 1.90. The molecular weight excluding hydrogens is 219 g/mol. The topological polar surface area (TPSA) is 48.9 Å². The second-order valence-electron chi connectivity index (χ2n) is 3.97. The van der Waals surface area contributed by atoms with Crippen LogP contribution in [-0.4, -0.2) is 15.1 Å². The zero-order valence-corrected chi connectivity index (χ0v) is 9.65.